The van der Waals surface area contributed by atoms with Crippen LogP contribution in [0.4, 0.5) is 0 Å². The average Bonchev–Trinajstić information content (AvgIpc) is 2.62. The summed E-state index contributed by atoms with van der Waals surface area (Å²) < 4.78 is 0. The molecule has 0 aliphatic carbocycles. The summed E-state index contributed by atoms with van der Waals surface area (Å²) in [5.41, 5.74) is 1.37. The number of aromatic nitrogens is 1. The number of benzene rings is 1. The van der Waals surface area contributed by atoms with Crippen LogP contribution in [-0.4, -0.2) is 22.3 Å². The molecule has 0 spiro atoms. The molecule has 5 heteroatoms. The molecule has 1 aromatic heterocycles. The molecule has 0 radical (unpaired) electrons. The smallest absolute Gasteiger partial charge is 0.353 e. The first-order chi connectivity index (χ1) is 7.56. The average molecular weight is 238 g/mol. The second kappa shape index (κ2) is 3.64. The van der Waals surface area contributed by atoms with Crippen LogP contribution >= 0.6 is 11.6 Å². The third-order valence-electron chi connectivity index (χ3n) is 2.54. The molecule has 0 fully saturated rings. The monoisotopic (exact) mass is 237 g/mol. The van der Waals surface area contributed by atoms with Crippen molar-refractivity contribution in [3.8, 4) is 0 Å². The lowest BCUT2D eigenvalue weighted by Gasteiger charge is -1.98. The molecule has 4 nitrogen and oxygen atoms in total. The fourth-order valence-corrected chi connectivity index (χ4v) is 1.85. The van der Waals surface area contributed by atoms with Crippen LogP contribution in [0.15, 0.2) is 12.1 Å². The maximum Gasteiger partial charge on any atom is 0.353 e. The van der Waals surface area contributed by atoms with Gasteiger partial charge in [-0.25, -0.2) is 4.79 Å². The number of carboxylic acid groups (broad SMARTS) is 1. The highest BCUT2D eigenvalue weighted by atomic mass is 35.5. The molecular formula is C11H8ClNO3. The van der Waals surface area contributed by atoms with Crippen LogP contribution in [0.1, 0.15) is 26.4 Å². The summed E-state index contributed by atoms with van der Waals surface area (Å²) in [5, 5.41) is 10.0. The number of aryl methyl sites for hydroxylation is 1. The maximum absolute atomic E-state index is 10.9. The minimum atomic E-state index is -1.16. The molecule has 0 bridgehead atoms. The zero-order chi connectivity index (χ0) is 11.9. The normalized spacial score (nSPS) is 10.6. The molecule has 2 aromatic rings. The SMILES string of the molecule is Cc1c(Cl)ccc2c(C=O)c(C(=O)O)[nH]c12. The van der Waals surface area contributed by atoms with Crippen LogP contribution < -0.4 is 0 Å². The number of hydrogen-bond acceptors (Lipinski definition) is 2. The van der Waals surface area contributed by atoms with E-state index in [1.807, 2.05) is 0 Å². The molecule has 0 unspecified atom stereocenters. The zero-order valence-corrected chi connectivity index (χ0v) is 9.13. The van der Waals surface area contributed by atoms with Crippen molar-refractivity contribution in [3.63, 3.8) is 0 Å². The number of carboxylic acids is 1. The molecule has 1 aromatic carbocycles. The summed E-state index contributed by atoms with van der Waals surface area (Å²) in [7, 11) is 0. The largest absolute Gasteiger partial charge is 0.477 e. The van der Waals surface area contributed by atoms with E-state index in [9.17, 15) is 9.59 Å². The number of H-pyrrole nitrogens is 1. The van der Waals surface area contributed by atoms with Gasteiger partial charge < -0.3 is 10.1 Å². The van der Waals surface area contributed by atoms with Gasteiger partial charge in [0.2, 0.25) is 0 Å². The van der Waals surface area contributed by atoms with Crippen LogP contribution in [0.2, 0.25) is 5.02 Å². The van der Waals surface area contributed by atoms with Gasteiger partial charge in [0.25, 0.3) is 0 Å². The van der Waals surface area contributed by atoms with Gasteiger partial charge in [-0.15, -0.1) is 0 Å². The zero-order valence-electron chi connectivity index (χ0n) is 8.37. The van der Waals surface area contributed by atoms with Crippen LogP contribution in [0.3, 0.4) is 0 Å². The second-order valence-electron chi connectivity index (χ2n) is 3.43. The Bertz CT molecular complexity index is 601. The van der Waals surface area contributed by atoms with Crippen molar-refractivity contribution in [2.45, 2.75) is 6.92 Å². The van der Waals surface area contributed by atoms with E-state index in [-0.39, 0.29) is 11.3 Å². The summed E-state index contributed by atoms with van der Waals surface area (Å²) in [4.78, 5) is 24.5. The predicted octanol–water partition coefficient (Wildman–Crippen LogP) is 2.64. The Kier molecular flexibility index (Phi) is 2.44. The number of nitrogens with one attached hydrogen (secondary N) is 1. The van der Waals surface area contributed by atoms with Crippen molar-refractivity contribution >= 4 is 34.8 Å². The molecule has 0 aliphatic heterocycles. The van der Waals surface area contributed by atoms with Crippen LogP contribution in [0.25, 0.3) is 10.9 Å². The topological polar surface area (TPSA) is 70.2 Å². The van der Waals surface area contributed by atoms with Gasteiger partial charge in [0.05, 0.1) is 11.1 Å². The number of carbonyl (C=O) groups excluding carboxylic acids is 1. The van der Waals surface area contributed by atoms with E-state index in [0.29, 0.717) is 22.2 Å². The summed E-state index contributed by atoms with van der Waals surface area (Å²) in [6.07, 6.45) is 0.537. The van der Waals surface area contributed by atoms with Gasteiger partial charge in [-0.3, -0.25) is 4.79 Å². The van der Waals surface area contributed by atoms with E-state index in [4.69, 9.17) is 16.7 Å². The van der Waals surface area contributed by atoms with E-state index in [2.05, 4.69) is 4.98 Å². The Morgan fingerprint density at radius 1 is 1.50 bits per heavy atom. The van der Waals surface area contributed by atoms with Gasteiger partial charge >= 0.3 is 5.97 Å². The highest BCUT2D eigenvalue weighted by Crippen LogP contribution is 2.28. The van der Waals surface area contributed by atoms with E-state index >= 15 is 0 Å². The van der Waals surface area contributed by atoms with Gasteiger partial charge in [-0.2, -0.15) is 0 Å². The number of rotatable bonds is 2. The quantitative estimate of drug-likeness (QED) is 0.789. The number of aromatic carboxylic acids is 1. The fraction of sp³-hybridized carbons (Fsp3) is 0.0909. The van der Waals surface area contributed by atoms with E-state index in [1.165, 1.54) is 0 Å². The maximum atomic E-state index is 10.9. The summed E-state index contributed by atoms with van der Waals surface area (Å²) in [5.74, 6) is -1.16. The molecule has 2 rings (SSSR count). The molecule has 0 amide bonds. The van der Waals surface area contributed by atoms with Crippen molar-refractivity contribution < 1.29 is 14.7 Å². The van der Waals surface area contributed by atoms with Gasteiger partial charge in [-0.1, -0.05) is 17.7 Å². The van der Waals surface area contributed by atoms with E-state index < -0.39 is 5.97 Å². The Labute approximate surface area is 95.8 Å². The summed E-state index contributed by atoms with van der Waals surface area (Å²) in [6, 6.07) is 3.28. The molecule has 0 atom stereocenters. The number of hydrogen-bond donors (Lipinski definition) is 2. The molecule has 1 heterocycles. The molecule has 0 saturated carbocycles. The van der Waals surface area contributed by atoms with E-state index in [0.717, 1.165) is 5.56 Å². The molecule has 0 saturated heterocycles. The van der Waals surface area contributed by atoms with Crippen LogP contribution in [0, 0.1) is 6.92 Å². The minimum absolute atomic E-state index is 0.102. The highest BCUT2D eigenvalue weighted by molar-refractivity contribution is 6.32. The molecular weight excluding hydrogens is 230 g/mol. The van der Waals surface area contributed by atoms with Crippen molar-refractivity contribution in [3.05, 3.63) is 34.0 Å². The second-order valence-corrected chi connectivity index (χ2v) is 3.84. The highest BCUT2D eigenvalue weighted by Gasteiger charge is 2.18. The Hall–Kier alpha value is -1.81. The Balaban J connectivity index is 2.92. The van der Waals surface area contributed by atoms with Crippen molar-refractivity contribution in [2.75, 3.05) is 0 Å². The van der Waals surface area contributed by atoms with Gasteiger partial charge in [0.15, 0.2) is 6.29 Å². The number of carbonyl (C=O) groups is 2. The third kappa shape index (κ3) is 1.39. The number of fused-ring (bicyclic) bond motifs is 1. The molecule has 0 aliphatic rings. The minimum Gasteiger partial charge on any atom is -0.477 e. The lowest BCUT2D eigenvalue weighted by Crippen LogP contribution is -2.00. The molecule has 16 heavy (non-hydrogen) atoms. The van der Waals surface area contributed by atoms with Crippen LogP contribution in [0.5, 0.6) is 0 Å². The summed E-state index contributed by atoms with van der Waals surface area (Å²) in [6.45, 7) is 1.77. The number of aldehydes is 1. The lowest BCUT2D eigenvalue weighted by atomic mass is 10.1. The first-order valence-electron chi connectivity index (χ1n) is 4.55. The van der Waals surface area contributed by atoms with E-state index in [1.54, 1.807) is 19.1 Å². The third-order valence-corrected chi connectivity index (χ3v) is 2.95. The standard InChI is InChI=1S/C11H8ClNO3/c1-5-8(12)3-2-6-7(4-14)10(11(15)16)13-9(5)6/h2-4,13H,1H3,(H,15,16). The summed E-state index contributed by atoms with van der Waals surface area (Å²) >= 11 is 5.92. The van der Waals surface area contributed by atoms with Crippen LogP contribution in [-0.2, 0) is 0 Å². The number of halogens is 1. The first-order valence-corrected chi connectivity index (χ1v) is 4.93. The fourth-order valence-electron chi connectivity index (χ4n) is 1.69. The molecule has 82 valence electrons. The predicted molar refractivity (Wildman–Crippen MR) is 60.4 cm³/mol. The van der Waals surface area contributed by atoms with Gasteiger partial charge in [0, 0.05) is 10.4 Å². The van der Waals surface area contributed by atoms with Gasteiger partial charge in [-0.05, 0) is 18.6 Å². The van der Waals surface area contributed by atoms with Gasteiger partial charge in [0.1, 0.15) is 5.69 Å². The van der Waals surface area contributed by atoms with Crippen molar-refractivity contribution in [1.29, 1.82) is 0 Å². The van der Waals surface area contributed by atoms with Crippen molar-refractivity contribution in [1.82, 2.24) is 4.98 Å². The number of aromatic amines is 1. The van der Waals surface area contributed by atoms with Crippen molar-refractivity contribution in [2.24, 2.45) is 0 Å². The Morgan fingerprint density at radius 2 is 2.19 bits per heavy atom. The molecule has 2 N–H and O–H groups in total. The Morgan fingerprint density at radius 3 is 2.75 bits per heavy atom. The first kappa shape index (κ1) is 10.7. The lowest BCUT2D eigenvalue weighted by molar-refractivity contribution is 0.0688.